The van der Waals surface area contributed by atoms with Crippen molar-refractivity contribution in [1.29, 1.82) is 0 Å². The smallest absolute Gasteiger partial charge is 0.263 e. The summed E-state index contributed by atoms with van der Waals surface area (Å²) >= 11 is 5.73. The minimum Gasteiger partial charge on any atom is -0.397 e. The third kappa shape index (κ3) is 3.12. The fraction of sp³-hybridized carbons (Fsp3) is 0. The van der Waals surface area contributed by atoms with E-state index in [1.54, 1.807) is 0 Å². The molecule has 0 radical (unpaired) electrons. The average molecular weight is 302 g/mol. The van der Waals surface area contributed by atoms with Gasteiger partial charge in [-0.2, -0.15) is 0 Å². The molecule has 8 heteroatoms. The first kappa shape index (κ1) is 13.6. The Morgan fingerprint density at radius 2 is 2.00 bits per heavy atom. The van der Waals surface area contributed by atoms with Crippen molar-refractivity contribution in [2.45, 2.75) is 4.90 Å². The lowest BCUT2D eigenvalue weighted by atomic mass is 10.3. The molecule has 0 saturated heterocycles. The van der Waals surface area contributed by atoms with E-state index < -0.39 is 15.8 Å². The first-order valence-corrected chi connectivity index (χ1v) is 6.93. The molecule has 1 heterocycles. The fourth-order valence-electron chi connectivity index (χ4n) is 1.36. The number of benzene rings is 1. The highest BCUT2D eigenvalue weighted by atomic mass is 35.5. The number of rotatable bonds is 3. The summed E-state index contributed by atoms with van der Waals surface area (Å²) in [7, 11) is -3.92. The first-order valence-electron chi connectivity index (χ1n) is 5.07. The van der Waals surface area contributed by atoms with Crippen molar-refractivity contribution in [3.8, 4) is 0 Å². The van der Waals surface area contributed by atoms with Gasteiger partial charge in [0.2, 0.25) is 0 Å². The molecule has 0 fully saturated rings. The third-order valence-electron chi connectivity index (χ3n) is 2.24. The molecular weight excluding hydrogens is 293 g/mol. The van der Waals surface area contributed by atoms with Gasteiger partial charge < -0.3 is 5.73 Å². The summed E-state index contributed by atoms with van der Waals surface area (Å²) < 4.78 is 39.1. The van der Waals surface area contributed by atoms with Crippen LogP contribution >= 0.6 is 11.6 Å². The highest BCUT2D eigenvalue weighted by Crippen LogP contribution is 2.24. The number of pyridine rings is 1. The number of hydrogen-bond donors (Lipinski definition) is 2. The van der Waals surface area contributed by atoms with Crippen LogP contribution < -0.4 is 10.5 Å². The molecule has 0 aliphatic carbocycles. The lowest BCUT2D eigenvalue weighted by molar-refractivity contribution is 0.592. The Morgan fingerprint density at radius 3 is 2.63 bits per heavy atom. The Labute approximate surface area is 114 Å². The predicted molar refractivity (Wildman–Crippen MR) is 70.9 cm³/mol. The van der Waals surface area contributed by atoms with Gasteiger partial charge in [-0.1, -0.05) is 11.6 Å². The molecule has 0 atom stereocenters. The molecule has 1 aromatic carbocycles. The van der Waals surface area contributed by atoms with E-state index in [2.05, 4.69) is 9.71 Å². The molecule has 0 aliphatic rings. The third-order valence-corrected chi connectivity index (χ3v) is 3.93. The Morgan fingerprint density at radius 1 is 1.26 bits per heavy atom. The first-order chi connectivity index (χ1) is 8.88. The van der Waals surface area contributed by atoms with E-state index in [4.69, 9.17) is 17.3 Å². The van der Waals surface area contributed by atoms with Crippen molar-refractivity contribution in [3.05, 3.63) is 47.5 Å². The number of hydrogen-bond acceptors (Lipinski definition) is 4. The highest BCUT2D eigenvalue weighted by molar-refractivity contribution is 7.92. The van der Waals surface area contributed by atoms with Gasteiger partial charge >= 0.3 is 0 Å². The number of sulfonamides is 1. The van der Waals surface area contributed by atoms with E-state index in [-0.39, 0.29) is 16.3 Å². The van der Waals surface area contributed by atoms with Gasteiger partial charge in [-0.15, -0.1) is 0 Å². The van der Waals surface area contributed by atoms with Crippen LogP contribution in [0, 0.1) is 5.82 Å². The van der Waals surface area contributed by atoms with Crippen molar-refractivity contribution >= 4 is 33.0 Å². The van der Waals surface area contributed by atoms with Gasteiger partial charge in [0, 0.05) is 6.20 Å². The Bertz CT molecular complexity index is 722. The summed E-state index contributed by atoms with van der Waals surface area (Å²) in [6, 6.07) is 5.14. The van der Waals surface area contributed by atoms with Crippen molar-refractivity contribution in [2.24, 2.45) is 0 Å². The number of nitrogens with zero attached hydrogens (tertiary/aromatic N) is 1. The second kappa shape index (κ2) is 5.02. The largest absolute Gasteiger partial charge is 0.397 e. The van der Waals surface area contributed by atoms with Crippen LogP contribution in [0.5, 0.6) is 0 Å². The SMILES string of the molecule is Nc1cc(NS(=O)(=O)c2cncc(F)c2)ccc1Cl. The summed E-state index contributed by atoms with van der Waals surface area (Å²) in [5.41, 5.74) is 6.03. The van der Waals surface area contributed by atoms with Crippen LogP contribution in [0.15, 0.2) is 41.6 Å². The summed E-state index contributed by atoms with van der Waals surface area (Å²) in [5.74, 6) is -0.738. The molecule has 1 aromatic heterocycles. The average Bonchev–Trinajstić information content (AvgIpc) is 2.33. The lowest BCUT2D eigenvalue weighted by Gasteiger charge is -2.09. The zero-order valence-electron chi connectivity index (χ0n) is 9.47. The van der Waals surface area contributed by atoms with Crippen LogP contribution in [0.25, 0.3) is 0 Å². The number of nitrogen functional groups attached to an aromatic ring is 1. The second-order valence-corrected chi connectivity index (χ2v) is 5.77. The lowest BCUT2D eigenvalue weighted by Crippen LogP contribution is -2.13. The quantitative estimate of drug-likeness (QED) is 0.852. The minimum atomic E-state index is -3.92. The normalized spacial score (nSPS) is 11.3. The van der Waals surface area contributed by atoms with Crippen molar-refractivity contribution in [1.82, 2.24) is 4.98 Å². The van der Waals surface area contributed by atoms with Crippen LogP contribution in [0.1, 0.15) is 0 Å². The molecule has 5 nitrogen and oxygen atoms in total. The Hall–Kier alpha value is -1.86. The van der Waals surface area contributed by atoms with Crippen molar-refractivity contribution in [3.63, 3.8) is 0 Å². The number of anilines is 2. The van der Waals surface area contributed by atoms with Gasteiger partial charge in [0.1, 0.15) is 10.7 Å². The maximum Gasteiger partial charge on any atom is 0.263 e. The number of aromatic nitrogens is 1. The molecule has 2 aromatic rings. The molecule has 0 aliphatic heterocycles. The molecule has 0 amide bonds. The minimum absolute atomic E-state index is 0.228. The standard InChI is InChI=1S/C11H9ClFN3O2S/c12-10-2-1-8(4-11(10)14)16-19(17,18)9-3-7(13)5-15-6-9/h1-6,16H,14H2. The predicted octanol–water partition coefficient (Wildman–Crippen LogP) is 2.26. The summed E-state index contributed by atoms with van der Waals surface area (Å²) in [5, 5.41) is 0.315. The molecule has 0 unspecified atom stereocenters. The maximum atomic E-state index is 13.0. The monoisotopic (exact) mass is 301 g/mol. The van der Waals surface area contributed by atoms with Crippen LogP contribution in [0.3, 0.4) is 0 Å². The van der Waals surface area contributed by atoms with Crippen molar-refractivity contribution in [2.75, 3.05) is 10.5 Å². The van der Waals surface area contributed by atoms with Gasteiger partial charge in [-0.25, -0.2) is 12.8 Å². The number of nitrogens with two attached hydrogens (primary N) is 1. The zero-order valence-corrected chi connectivity index (χ0v) is 11.0. The van der Waals surface area contributed by atoms with E-state index in [0.717, 1.165) is 18.5 Å². The van der Waals surface area contributed by atoms with Gasteiger partial charge in [0.15, 0.2) is 0 Å². The molecule has 0 bridgehead atoms. The molecule has 2 rings (SSSR count). The summed E-state index contributed by atoms with van der Waals surface area (Å²) in [6.07, 6.45) is 1.96. The number of nitrogens with one attached hydrogen (secondary N) is 1. The summed E-state index contributed by atoms with van der Waals surface area (Å²) in [4.78, 5) is 3.21. The Balaban J connectivity index is 2.33. The molecule has 19 heavy (non-hydrogen) atoms. The Kier molecular flexibility index (Phi) is 3.59. The van der Waals surface area contributed by atoms with Crippen LogP contribution in [0.4, 0.5) is 15.8 Å². The van der Waals surface area contributed by atoms with Gasteiger partial charge in [-0.3, -0.25) is 9.71 Å². The topological polar surface area (TPSA) is 85.1 Å². The molecule has 3 N–H and O–H groups in total. The molecule has 0 saturated carbocycles. The van der Waals surface area contributed by atoms with Crippen LogP contribution in [-0.2, 0) is 10.0 Å². The van der Waals surface area contributed by atoms with E-state index >= 15 is 0 Å². The molecular formula is C11H9ClFN3O2S. The van der Waals surface area contributed by atoms with Crippen LogP contribution in [-0.4, -0.2) is 13.4 Å². The maximum absolute atomic E-state index is 13.0. The van der Waals surface area contributed by atoms with Crippen molar-refractivity contribution < 1.29 is 12.8 Å². The van der Waals surface area contributed by atoms with E-state index in [0.29, 0.717) is 5.02 Å². The second-order valence-electron chi connectivity index (χ2n) is 3.68. The van der Waals surface area contributed by atoms with Crippen LogP contribution in [0.2, 0.25) is 5.02 Å². The van der Waals surface area contributed by atoms with Gasteiger partial charge in [-0.05, 0) is 24.3 Å². The molecule has 0 spiro atoms. The van der Waals surface area contributed by atoms with E-state index in [1.165, 1.54) is 18.2 Å². The fourth-order valence-corrected chi connectivity index (χ4v) is 2.50. The molecule has 100 valence electrons. The summed E-state index contributed by atoms with van der Waals surface area (Å²) in [6.45, 7) is 0. The van der Waals surface area contributed by atoms with E-state index in [1.807, 2.05) is 0 Å². The number of halogens is 2. The van der Waals surface area contributed by atoms with Gasteiger partial charge in [0.25, 0.3) is 10.0 Å². The van der Waals surface area contributed by atoms with E-state index in [9.17, 15) is 12.8 Å². The highest BCUT2D eigenvalue weighted by Gasteiger charge is 2.15. The zero-order chi connectivity index (χ0) is 14.0. The van der Waals surface area contributed by atoms with Gasteiger partial charge in [0.05, 0.1) is 22.6 Å².